The highest BCUT2D eigenvalue weighted by Gasteiger charge is 2.28. The third kappa shape index (κ3) is 4.72. The van der Waals surface area contributed by atoms with E-state index in [4.69, 9.17) is 4.74 Å². The van der Waals surface area contributed by atoms with E-state index in [1.54, 1.807) is 0 Å². The van der Waals surface area contributed by atoms with Crippen molar-refractivity contribution in [1.82, 2.24) is 5.32 Å². The van der Waals surface area contributed by atoms with Gasteiger partial charge in [0.25, 0.3) is 5.91 Å². The van der Waals surface area contributed by atoms with Gasteiger partial charge in [-0.25, -0.2) is 0 Å². The van der Waals surface area contributed by atoms with Crippen LogP contribution in [0.2, 0.25) is 0 Å². The summed E-state index contributed by atoms with van der Waals surface area (Å²) < 4.78 is 5.39. The van der Waals surface area contributed by atoms with Gasteiger partial charge in [-0.05, 0) is 31.6 Å². The second kappa shape index (κ2) is 7.96. The fourth-order valence-electron chi connectivity index (χ4n) is 3.17. The van der Waals surface area contributed by atoms with E-state index < -0.39 is 18.3 Å². The standard InChI is InChI=1S/C15H27NO4/c17-13(14(18)16-10-11-6-4-5-7-11)15(19)20-12-8-2-1-3-9-12/h11-13,15,17,19H,1-10H2,(H,16,18). The number of aliphatic hydroxyl groups is 2. The van der Waals surface area contributed by atoms with Gasteiger partial charge in [-0.2, -0.15) is 0 Å². The zero-order valence-corrected chi connectivity index (χ0v) is 12.1. The number of ether oxygens (including phenoxy) is 1. The van der Waals surface area contributed by atoms with Crippen LogP contribution in [0.4, 0.5) is 0 Å². The Bertz CT molecular complexity index is 298. The molecule has 2 saturated carbocycles. The molecule has 5 heteroatoms. The first-order valence-corrected chi connectivity index (χ1v) is 7.96. The van der Waals surface area contributed by atoms with Crippen molar-refractivity contribution in [3.63, 3.8) is 0 Å². The number of carbonyl (C=O) groups is 1. The summed E-state index contributed by atoms with van der Waals surface area (Å²) >= 11 is 0. The molecule has 0 saturated heterocycles. The zero-order valence-electron chi connectivity index (χ0n) is 12.1. The van der Waals surface area contributed by atoms with E-state index in [0.717, 1.165) is 38.5 Å². The summed E-state index contributed by atoms with van der Waals surface area (Å²) in [5.41, 5.74) is 0. The Morgan fingerprint density at radius 1 is 1.05 bits per heavy atom. The summed E-state index contributed by atoms with van der Waals surface area (Å²) in [5.74, 6) is -0.0113. The van der Waals surface area contributed by atoms with Gasteiger partial charge in [0.15, 0.2) is 12.4 Å². The molecule has 2 rings (SSSR count). The Balaban J connectivity index is 1.67. The van der Waals surface area contributed by atoms with Gasteiger partial charge in [-0.1, -0.05) is 32.1 Å². The minimum Gasteiger partial charge on any atom is -0.379 e. The van der Waals surface area contributed by atoms with Gasteiger partial charge in [-0.15, -0.1) is 0 Å². The number of hydrogen-bond donors (Lipinski definition) is 3. The molecule has 20 heavy (non-hydrogen) atoms. The molecule has 1 amide bonds. The molecule has 0 aromatic carbocycles. The molecule has 2 atom stereocenters. The highest BCUT2D eigenvalue weighted by atomic mass is 16.6. The number of amides is 1. The fraction of sp³-hybridized carbons (Fsp3) is 0.933. The molecule has 2 unspecified atom stereocenters. The van der Waals surface area contributed by atoms with Gasteiger partial charge >= 0.3 is 0 Å². The minimum atomic E-state index is -1.49. The normalized spacial score (nSPS) is 24.5. The average molecular weight is 285 g/mol. The van der Waals surface area contributed by atoms with Gasteiger partial charge in [0, 0.05) is 6.54 Å². The van der Waals surface area contributed by atoms with E-state index in [9.17, 15) is 15.0 Å². The van der Waals surface area contributed by atoms with Crippen molar-refractivity contribution < 1.29 is 19.7 Å². The fourth-order valence-corrected chi connectivity index (χ4v) is 3.17. The van der Waals surface area contributed by atoms with E-state index in [1.165, 1.54) is 19.3 Å². The van der Waals surface area contributed by atoms with Crippen LogP contribution >= 0.6 is 0 Å². The second-order valence-electron chi connectivity index (χ2n) is 6.13. The highest BCUT2D eigenvalue weighted by molar-refractivity contribution is 5.80. The van der Waals surface area contributed by atoms with Crippen molar-refractivity contribution in [1.29, 1.82) is 0 Å². The predicted octanol–water partition coefficient (Wildman–Crippen LogP) is 1.32. The SMILES string of the molecule is O=C(NCC1CCCC1)C(O)C(O)OC1CCCCC1. The van der Waals surface area contributed by atoms with Crippen LogP contribution in [0.5, 0.6) is 0 Å². The lowest BCUT2D eigenvalue weighted by atomic mass is 9.98. The van der Waals surface area contributed by atoms with Crippen LogP contribution in [0.3, 0.4) is 0 Å². The zero-order chi connectivity index (χ0) is 14.4. The molecule has 116 valence electrons. The first-order valence-electron chi connectivity index (χ1n) is 7.96. The van der Waals surface area contributed by atoms with Crippen molar-refractivity contribution in [3.8, 4) is 0 Å². The van der Waals surface area contributed by atoms with Crippen LogP contribution in [0.1, 0.15) is 57.8 Å². The maximum atomic E-state index is 11.8. The summed E-state index contributed by atoms with van der Waals surface area (Å²) in [5, 5.41) is 22.3. The lowest BCUT2D eigenvalue weighted by Crippen LogP contribution is -2.45. The maximum Gasteiger partial charge on any atom is 0.254 e. The molecule has 2 aliphatic carbocycles. The van der Waals surface area contributed by atoms with E-state index in [0.29, 0.717) is 12.5 Å². The number of aliphatic hydroxyl groups excluding tert-OH is 2. The van der Waals surface area contributed by atoms with Crippen LogP contribution in [0, 0.1) is 5.92 Å². The van der Waals surface area contributed by atoms with E-state index >= 15 is 0 Å². The Labute approximate surface area is 120 Å². The molecule has 0 radical (unpaired) electrons. The van der Waals surface area contributed by atoms with Crippen LogP contribution < -0.4 is 5.32 Å². The molecule has 0 aromatic rings. The van der Waals surface area contributed by atoms with Crippen molar-refractivity contribution in [2.75, 3.05) is 6.54 Å². The van der Waals surface area contributed by atoms with Crippen molar-refractivity contribution in [2.45, 2.75) is 76.3 Å². The Kier molecular flexibility index (Phi) is 6.26. The van der Waals surface area contributed by atoms with Gasteiger partial charge in [0.05, 0.1) is 6.10 Å². The summed E-state index contributed by atoms with van der Waals surface area (Å²) in [4.78, 5) is 11.8. The van der Waals surface area contributed by atoms with E-state index in [-0.39, 0.29) is 6.10 Å². The smallest absolute Gasteiger partial charge is 0.254 e. The van der Waals surface area contributed by atoms with Gasteiger partial charge in [0.1, 0.15) is 0 Å². The summed E-state index contributed by atoms with van der Waals surface area (Å²) in [6.07, 6.45) is 6.93. The first kappa shape index (κ1) is 15.7. The number of carbonyl (C=O) groups excluding carboxylic acids is 1. The summed E-state index contributed by atoms with van der Waals surface area (Å²) in [7, 11) is 0. The molecule has 2 aliphatic rings. The first-order chi connectivity index (χ1) is 9.66. The number of nitrogens with one attached hydrogen (secondary N) is 1. The van der Waals surface area contributed by atoms with E-state index in [1.807, 2.05) is 0 Å². The second-order valence-corrected chi connectivity index (χ2v) is 6.13. The van der Waals surface area contributed by atoms with Crippen molar-refractivity contribution in [3.05, 3.63) is 0 Å². The van der Waals surface area contributed by atoms with E-state index in [2.05, 4.69) is 5.32 Å². The van der Waals surface area contributed by atoms with Crippen LogP contribution in [-0.4, -0.2) is 41.2 Å². The highest BCUT2D eigenvalue weighted by Crippen LogP contribution is 2.24. The molecule has 0 heterocycles. The maximum absolute atomic E-state index is 11.8. The van der Waals surface area contributed by atoms with Gasteiger partial charge in [-0.3, -0.25) is 4.79 Å². The molecular weight excluding hydrogens is 258 g/mol. The quantitative estimate of drug-likeness (QED) is 0.643. The molecule has 3 N–H and O–H groups in total. The molecule has 0 aromatic heterocycles. The van der Waals surface area contributed by atoms with Crippen molar-refractivity contribution in [2.24, 2.45) is 5.92 Å². The monoisotopic (exact) mass is 285 g/mol. The summed E-state index contributed by atoms with van der Waals surface area (Å²) in [6, 6.07) is 0. The average Bonchev–Trinajstić information content (AvgIpc) is 2.98. The van der Waals surface area contributed by atoms with Crippen LogP contribution in [0.25, 0.3) is 0 Å². The Morgan fingerprint density at radius 3 is 2.30 bits per heavy atom. The van der Waals surface area contributed by atoms with Crippen LogP contribution in [0.15, 0.2) is 0 Å². The molecule has 2 fully saturated rings. The predicted molar refractivity (Wildman–Crippen MR) is 74.9 cm³/mol. The molecule has 5 nitrogen and oxygen atoms in total. The topological polar surface area (TPSA) is 78.8 Å². The largest absolute Gasteiger partial charge is 0.379 e. The Hall–Kier alpha value is -0.650. The van der Waals surface area contributed by atoms with Gasteiger partial charge < -0.3 is 20.3 Å². The number of rotatable bonds is 6. The number of hydrogen-bond acceptors (Lipinski definition) is 4. The minimum absolute atomic E-state index is 0.0315. The molecule has 0 aliphatic heterocycles. The van der Waals surface area contributed by atoms with Gasteiger partial charge in [0.2, 0.25) is 0 Å². The third-order valence-electron chi connectivity index (χ3n) is 4.46. The lowest BCUT2D eigenvalue weighted by molar-refractivity contribution is -0.196. The molecule has 0 spiro atoms. The lowest BCUT2D eigenvalue weighted by Gasteiger charge is -2.27. The molecule has 0 bridgehead atoms. The summed E-state index contributed by atoms with van der Waals surface area (Å²) in [6.45, 7) is 0.589. The molecular formula is C15H27NO4. The van der Waals surface area contributed by atoms with Crippen LogP contribution in [-0.2, 0) is 9.53 Å². The third-order valence-corrected chi connectivity index (χ3v) is 4.46. The van der Waals surface area contributed by atoms with Crippen molar-refractivity contribution >= 4 is 5.91 Å². The Morgan fingerprint density at radius 2 is 1.65 bits per heavy atom.